The summed E-state index contributed by atoms with van der Waals surface area (Å²) >= 11 is 0. The lowest BCUT2D eigenvalue weighted by Crippen LogP contribution is -2.54. The van der Waals surface area contributed by atoms with Crippen LogP contribution in [0.5, 0.6) is 0 Å². The Morgan fingerprint density at radius 3 is 2.44 bits per heavy atom. The maximum atomic E-state index is 11.9. The van der Waals surface area contributed by atoms with Crippen molar-refractivity contribution in [2.45, 2.75) is 38.6 Å². The Kier molecular flexibility index (Phi) is 4.29. The van der Waals surface area contributed by atoms with E-state index < -0.39 is 11.4 Å². The molecule has 1 fully saturated rings. The molecule has 0 aromatic carbocycles. The van der Waals surface area contributed by atoms with E-state index in [0.717, 1.165) is 12.8 Å². The third-order valence-corrected chi connectivity index (χ3v) is 3.25. The zero-order valence-corrected chi connectivity index (χ0v) is 9.78. The second kappa shape index (κ2) is 5.30. The number of hydrogen-bond donors (Lipinski definition) is 2. The number of carboxylic acid groups (broad SMARTS) is 1. The lowest BCUT2D eigenvalue weighted by molar-refractivity contribution is -0.162. The highest BCUT2D eigenvalue weighted by atomic mass is 16.5. The minimum absolute atomic E-state index is 0.102. The Morgan fingerprint density at radius 1 is 1.50 bits per heavy atom. The number of methoxy groups -OCH3 is 1. The predicted octanol–water partition coefficient (Wildman–Crippen LogP) is 0.782. The molecule has 1 saturated carbocycles. The van der Waals surface area contributed by atoms with Gasteiger partial charge in [-0.3, -0.25) is 9.59 Å². The van der Waals surface area contributed by atoms with Crippen molar-refractivity contribution in [1.29, 1.82) is 0 Å². The first-order valence-electron chi connectivity index (χ1n) is 5.60. The van der Waals surface area contributed by atoms with E-state index in [4.69, 9.17) is 9.84 Å². The van der Waals surface area contributed by atoms with Crippen molar-refractivity contribution < 1.29 is 19.4 Å². The molecule has 0 aliphatic heterocycles. The Labute approximate surface area is 95.2 Å². The van der Waals surface area contributed by atoms with Gasteiger partial charge >= 0.3 is 5.97 Å². The van der Waals surface area contributed by atoms with Gasteiger partial charge in [0.1, 0.15) is 5.41 Å². The lowest BCUT2D eigenvalue weighted by Gasteiger charge is -2.36. The van der Waals surface area contributed by atoms with Gasteiger partial charge in [0.05, 0.1) is 12.6 Å². The van der Waals surface area contributed by atoms with Gasteiger partial charge in [-0.05, 0) is 19.3 Å². The molecule has 5 nitrogen and oxygen atoms in total. The summed E-state index contributed by atoms with van der Waals surface area (Å²) in [4.78, 5) is 23.0. The molecule has 2 N–H and O–H groups in total. The molecule has 1 aliphatic rings. The van der Waals surface area contributed by atoms with Gasteiger partial charge in [-0.25, -0.2) is 0 Å². The molecular formula is C11H19NO4. The highest BCUT2D eigenvalue weighted by Gasteiger charge is 2.51. The topological polar surface area (TPSA) is 75.6 Å². The summed E-state index contributed by atoms with van der Waals surface area (Å²) in [6, 6.07) is -0.102. The van der Waals surface area contributed by atoms with E-state index in [0.29, 0.717) is 19.4 Å². The van der Waals surface area contributed by atoms with Gasteiger partial charge in [-0.2, -0.15) is 0 Å². The molecule has 1 rings (SSSR count). The first-order valence-corrected chi connectivity index (χ1v) is 5.60. The Hall–Kier alpha value is -1.10. The van der Waals surface area contributed by atoms with Crippen molar-refractivity contribution in [3.05, 3.63) is 0 Å². The molecule has 0 heterocycles. The highest BCUT2D eigenvalue weighted by Crippen LogP contribution is 2.41. The van der Waals surface area contributed by atoms with E-state index in [-0.39, 0.29) is 11.9 Å². The van der Waals surface area contributed by atoms with Gasteiger partial charge in [-0.15, -0.1) is 0 Å². The molecule has 1 unspecified atom stereocenters. The maximum Gasteiger partial charge on any atom is 0.319 e. The van der Waals surface area contributed by atoms with Crippen LogP contribution in [0.15, 0.2) is 0 Å². The number of nitrogens with one attached hydrogen (secondary N) is 1. The van der Waals surface area contributed by atoms with Crippen LogP contribution in [0.4, 0.5) is 0 Å². The van der Waals surface area contributed by atoms with Gasteiger partial charge in [-0.1, -0.05) is 13.3 Å². The maximum absolute atomic E-state index is 11.9. The molecular weight excluding hydrogens is 210 g/mol. The number of ether oxygens (including phenoxy) is 1. The second-order valence-electron chi connectivity index (χ2n) is 4.27. The monoisotopic (exact) mass is 229 g/mol. The third-order valence-electron chi connectivity index (χ3n) is 3.25. The first-order chi connectivity index (χ1) is 7.56. The summed E-state index contributed by atoms with van der Waals surface area (Å²) < 4.78 is 4.96. The van der Waals surface area contributed by atoms with E-state index in [1.165, 1.54) is 0 Å². The number of aliphatic carboxylic acids is 1. The molecule has 1 amide bonds. The van der Waals surface area contributed by atoms with Crippen molar-refractivity contribution in [3.8, 4) is 0 Å². The summed E-state index contributed by atoms with van der Waals surface area (Å²) in [5.74, 6) is -1.38. The molecule has 0 radical (unpaired) electrons. The van der Waals surface area contributed by atoms with Gasteiger partial charge in [0, 0.05) is 7.11 Å². The summed E-state index contributed by atoms with van der Waals surface area (Å²) in [6.45, 7) is 2.34. The highest BCUT2D eigenvalue weighted by molar-refractivity contribution is 6.02. The van der Waals surface area contributed by atoms with Gasteiger partial charge in [0.15, 0.2) is 0 Å². The zero-order chi connectivity index (χ0) is 12.2. The summed E-state index contributed by atoms with van der Waals surface area (Å²) in [5, 5.41) is 11.8. The van der Waals surface area contributed by atoms with E-state index in [2.05, 4.69) is 5.32 Å². The SMILES string of the molecule is CCC(COC)NC(=O)C1(C(=O)O)CCC1. The number of carbonyl (C=O) groups excluding carboxylic acids is 1. The van der Waals surface area contributed by atoms with E-state index in [1.54, 1.807) is 7.11 Å². The van der Waals surface area contributed by atoms with E-state index in [9.17, 15) is 9.59 Å². The van der Waals surface area contributed by atoms with Gasteiger partial charge in [0.2, 0.25) is 5.91 Å². The smallest absolute Gasteiger partial charge is 0.319 e. The molecule has 0 bridgehead atoms. The standard InChI is InChI=1S/C11H19NO4/c1-3-8(7-16-2)12-9(13)11(10(14)15)5-4-6-11/h8H,3-7H2,1-2H3,(H,12,13)(H,14,15). The second-order valence-corrected chi connectivity index (χ2v) is 4.27. The Bertz CT molecular complexity index is 273. The minimum Gasteiger partial charge on any atom is -0.480 e. The molecule has 0 saturated heterocycles. The van der Waals surface area contributed by atoms with Crippen LogP contribution in [-0.4, -0.2) is 36.7 Å². The van der Waals surface area contributed by atoms with E-state index >= 15 is 0 Å². The molecule has 16 heavy (non-hydrogen) atoms. The third kappa shape index (κ3) is 2.35. The Balaban J connectivity index is 2.59. The van der Waals surface area contributed by atoms with Crippen molar-refractivity contribution in [3.63, 3.8) is 0 Å². The van der Waals surface area contributed by atoms with Crippen LogP contribution < -0.4 is 5.32 Å². The molecule has 92 valence electrons. The number of amides is 1. The number of rotatable bonds is 6. The average Bonchev–Trinajstić information content (AvgIpc) is 2.14. The Morgan fingerprint density at radius 2 is 2.12 bits per heavy atom. The lowest BCUT2D eigenvalue weighted by atomic mass is 9.68. The fraction of sp³-hybridized carbons (Fsp3) is 0.818. The largest absolute Gasteiger partial charge is 0.480 e. The van der Waals surface area contributed by atoms with Crippen molar-refractivity contribution in [2.24, 2.45) is 5.41 Å². The van der Waals surface area contributed by atoms with Crippen LogP contribution in [0.1, 0.15) is 32.6 Å². The fourth-order valence-corrected chi connectivity index (χ4v) is 1.85. The number of hydrogen-bond acceptors (Lipinski definition) is 3. The van der Waals surface area contributed by atoms with Gasteiger partial charge < -0.3 is 15.2 Å². The molecule has 0 aromatic heterocycles. The first kappa shape index (κ1) is 13.0. The van der Waals surface area contributed by atoms with Crippen LogP contribution in [0.2, 0.25) is 0 Å². The number of carboxylic acids is 1. The minimum atomic E-state index is -1.18. The molecule has 1 atom stereocenters. The number of carbonyl (C=O) groups is 2. The fourth-order valence-electron chi connectivity index (χ4n) is 1.85. The van der Waals surface area contributed by atoms with Crippen molar-refractivity contribution in [2.75, 3.05) is 13.7 Å². The average molecular weight is 229 g/mol. The van der Waals surface area contributed by atoms with Crippen LogP contribution in [0, 0.1) is 5.41 Å². The van der Waals surface area contributed by atoms with Crippen LogP contribution >= 0.6 is 0 Å². The quantitative estimate of drug-likeness (QED) is 0.660. The molecule has 0 spiro atoms. The van der Waals surface area contributed by atoms with Crippen LogP contribution in [0.3, 0.4) is 0 Å². The predicted molar refractivity (Wildman–Crippen MR) is 58.0 cm³/mol. The zero-order valence-electron chi connectivity index (χ0n) is 9.78. The van der Waals surface area contributed by atoms with Crippen molar-refractivity contribution in [1.82, 2.24) is 5.32 Å². The normalized spacial score (nSPS) is 19.6. The molecule has 5 heteroatoms. The summed E-state index contributed by atoms with van der Waals surface area (Å²) in [5.41, 5.74) is -1.18. The van der Waals surface area contributed by atoms with Crippen LogP contribution in [-0.2, 0) is 14.3 Å². The summed E-state index contributed by atoms with van der Waals surface area (Å²) in [7, 11) is 1.56. The molecule has 0 aromatic rings. The van der Waals surface area contributed by atoms with Crippen molar-refractivity contribution >= 4 is 11.9 Å². The van der Waals surface area contributed by atoms with E-state index in [1.807, 2.05) is 6.92 Å². The van der Waals surface area contributed by atoms with Gasteiger partial charge in [0.25, 0.3) is 0 Å². The van der Waals surface area contributed by atoms with Crippen LogP contribution in [0.25, 0.3) is 0 Å². The summed E-state index contributed by atoms with van der Waals surface area (Å²) in [6.07, 6.45) is 2.42. The molecule has 1 aliphatic carbocycles.